The van der Waals surface area contributed by atoms with Gasteiger partial charge in [-0.05, 0) is 0 Å². The average Bonchev–Trinajstić information content (AvgIpc) is 2.40. The Morgan fingerprint density at radius 1 is 0.520 bits per heavy atom. The third-order valence-corrected chi connectivity index (χ3v) is 1.49. The summed E-state index contributed by atoms with van der Waals surface area (Å²) in [7, 11) is -6.74. The number of rotatable bonds is 0. The van der Waals surface area contributed by atoms with Gasteiger partial charge in [0.15, 0.2) is 0 Å². The smallest absolute Gasteiger partial charge is 0.872 e. The summed E-state index contributed by atoms with van der Waals surface area (Å²) in [5.74, 6) is 0.144. The molecule has 2 aromatic carbocycles. The molecule has 0 aliphatic rings. The van der Waals surface area contributed by atoms with Crippen molar-refractivity contribution in [1.29, 1.82) is 0 Å². The van der Waals surface area contributed by atoms with Crippen LogP contribution in [0.25, 0.3) is 0 Å². The second kappa shape index (κ2) is 28.1. The summed E-state index contributed by atoms with van der Waals surface area (Å²) < 4.78 is 17.0. The van der Waals surface area contributed by atoms with E-state index in [2.05, 4.69) is 0 Å². The maximum absolute atomic E-state index is 10.3. The van der Waals surface area contributed by atoms with Crippen molar-refractivity contribution in [2.24, 2.45) is 0 Å². The molecule has 2 aromatic rings. The van der Waals surface area contributed by atoms with Crippen LogP contribution in [-0.4, -0.2) is 113 Å². The zero-order chi connectivity index (χ0) is 17.4. The quantitative estimate of drug-likeness (QED) is 0.295. The Hall–Kier alpha value is 1.86. The molecule has 0 heterocycles. The van der Waals surface area contributed by atoms with Gasteiger partial charge in [-0.15, -0.1) is 11.5 Å². The molecule has 2 rings (SSSR count). The predicted octanol–water partition coefficient (Wildman–Crippen LogP) is -2.89. The second-order valence-electron chi connectivity index (χ2n) is 3.07. The van der Waals surface area contributed by atoms with Crippen molar-refractivity contribution in [1.82, 2.24) is 0 Å². The minimum absolute atomic E-state index is 0. The summed E-state index contributed by atoms with van der Waals surface area (Å²) in [6.45, 7) is 0. The van der Waals surface area contributed by atoms with E-state index >= 15 is 0 Å². The van der Waals surface area contributed by atoms with Crippen LogP contribution in [-0.2, 0) is 9.13 Å². The Balaban J connectivity index is -0.0000000709. The van der Waals surface area contributed by atoms with Crippen molar-refractivity contribution >= 4 is 130 Å². The minimum atomic E-state index is -3.37. The van der Waals surface area contributed by atoms with Crippen molar-refractivity contribution in [3.05, 3.63) is 60.7 Å². The zero-order valence-electron chi connectivity index (χ0n) is 13.1. The largest absolute Gasteiger partial charge is 2.00 e. The SMILES string of the molecule is O=[P+]([O-])[O-].O=[P+]([O-])[O-].[Ca+2].[Ca+2].[Ca+2].[O-]c1ccccc1.[O-]c1ccccc1. The predicted molar refractivity (Wildman–Crippen MR) is 84.3 cm³/mol. The van der Waals surface area contributed by atoms with Crippen LogP contribution < -0.4 is 29.8 Å². The first-order valence-corrected chi connectivity index (χ1v) is 7.52. The Bertz CT molecular complexity index is 477. The molecule has 0 spiro atoms. The Labute approximate surface area is 236 Å². The van der Waals surface area contributed by atoms with Crippen LogP contribution in [0.5, 0.6) is 11.5 Å². The average molecular weight is 464 g/mol. The van der Waals surface area contributed by atoms with E-state index in [1.54, 1.807) is 24.3 Å². The Kier molecular flexibility index (Phi) is 42.2. The van der Waals surface area contributed by atoms with Gasteiger partial charge in [0.2, 0.25) is 0 Å². The van der Waals surface area contributed by atoms with Crippen molar-refractivity contribution in [3.8, 4) is 11.5 Å². The van der Waals surface area contributed by atoms with Gasteiger partial charge < -0.3 is 29.8 Å². The van der Waals surface area contributed by atoms with Crippen LogP contribution in [0, 0.1) is 0 Å². The molecular formula is C12H10Ca3O8P2+2. The van der Waals surface area contributed by atoms with Crippen molar-refractivity contribution in [2.45, 2.75) is 0 Å². The van der Waals surface area contributed by atoms with Crippen LogP contribution in [0.15, 0.2) is 60.7 Å². The van der Waals surface area contributed by atoms with Crippen LogP contribution >= 0.6 is 16.5 Å². The molecule has 0 atom stereocenters. The molecule has 0 saturated heterocycles. The van der Waals surface area contributed by atoms with E-state index in [4.69, 9.17) is 28.7 Å². The summed E-state index contributed by atoms with van der Waals surface area (Å²) in [6, 6.07) is 16.7. The van der Waals surface area contributed by atoms with Crippen molar-refractivity contribution in [3.63, 3.8) is 0 Å². The first-order chi connectivity index (χ1) is 10.3. The fourth-order valence-electron chi connectivity index (χ4n) is 0.841. The molecule has 120 valence electrons. The van der Waals surface area contributed by atoms with E-state index in [9.17, 15) is 10.2 Å². The number of para-hydroxylation sites is 2. The van der Waals surface area contributed by atoms with Gasteiger partial charge >= 0.3 is 113 Å². The van der Waals surface area contributed by atoms with Gasteiger partial charge in [0, 0.05) is 0 Å². The number of benzene rings is 2. The molecule has 25 heavy (non-hydrogen) atoms. The number of hydrogen-bond donors (Lipinski definition) is 0. The molecular weight excluding hydrogens is 454 g/mol. The maximum Gasteiger partial charge on any atom is 2.00 e. The van der Waals surface area contributed by atoms with E-state index < -0.39 is 16.5 Å². The fraction of sp³-hybridized carbons (Fsp3) is 0. The van der Waals surface area contributed by atoms with E-state index in [1.807, 2.05) is 12.1 Å². The Morgan fingerprint density at radius 2 is 0.680 bits per heavy atom. The van der Waals surface area contributed by atoms with Crippen LogP contribution in [0.3, 0.4) is 0 Å². The molecule has 0 aliphatic carbocycles. The summed E-state index contributed by atoms with van der Waals surface area (Å²) in [4.78, 5) is 33.9. The monoisotopic (exact) mass is 464 g/mol. The van der Waals surface area contributed by atoms with E-state index in [-0.39, 0.29) is 125 Å². The molecule has 0 aliphatic heterocycles. The third kappa shape index (κ3) is 46.2. The van der Waals surface area contributed by atoms with Gasteiger partial charge in [-0.3, -0.25) is 0 Å². The summed E-state index contributed by atoms with van der Waals surface area (Å²) >= 11 is 0. The molecule has 0 unspecified atom stereocenters. The van der Waals surface area contributed by atoms with Crippen molar-refractivity contribution < 1.29 is 38.9 Å². The minimum Gasteiger partial charge on any atom is -0.872 e. The summed E-state index contributed by atoms with van der Waals surface area (Å²) in [5, 5.41) is 20.5. The maximum atomic E-state index is 10.3. The van der Waals surface area contributed by atoms with Gasteiger partial charge in [0.25, 0.3) is 16.5 Å². The molecule has 0 radical (unpaired) electrons. The molecule has 8 nitrogen and oxygen atoms in total. The van der Waals surface area contributed by atoms with Gasteiger partial charge in [0.05, 0.1) is 0 Å². The first kappa shape index (κ1) is 37.6. The number of hydrogen-bond acceptors (Lipinski definition) is 8. The molecule has 0 bridgehead atoms. The van der Waals surface area contributed by atoms with Crippen LogP contribution in [0.2, 0.25) is 0 Å². The second-order valence-corrected chi connectivity index (χ2v) is 3.97. The zero-order valence-corrected chi connectivity index (χ0v) is 21.5. The standard InChI is InChI=1S/2C6H6O.3Ca.2HO3P/c2*7-6-4-2-1-3-5-6;;;;2*1-4(2)3/h2*1-5,7H;;;;2*(H,1,2,3)/q;;3*+2;;/p-4. The molecule has 0 N–H and O–H groups in total. The van der Waals surface area contributed by atoms with Gasteiger partial charge in [-0.2, -0.15) is 0 Å². The molecule has 0 saturated carbocycles. The molecule has 0 amide bonds. The molecule has 0 aromatic heterocycles. The van der Waals surface area contributed by atoms with Crippen LogP contribution in [0.4, 0.5) is 0 Å². The topological polar surface area (TPSA) is 172 Å². The van der Waals surface area contributed by atoms with Gasteiger partial charge in [-0.25, -0.2) is 0 Å². The summed E-state index contributed by atoms with van der Waals surface area (Å²) in [5.41, 5.74) is 0. The van der Waals surface area contributed by atoms with E-state index in [0.717, 1.165) is 0 Å². The molecule has 13 heteroatoms. The van der Waals surface area contributed by atoms with Gasteiger partial charge in [0.1, 0.15) is 0 Å². The van der Waals surface area contributed by atoms with E-state index in [1.165, 1.54) is 24.3 Å². The summed E-state index contributed by atoms with van der Waals surface area (Å²) in [6.07, 6.45) is 0. The Morgan fingerprint density at radius 3 is 0.760 bits per heavy atom. The van der Waals surface area contributed by atoms with Crippen molar-refractivity contribution in [2.75, 3.05) is 0 Å². The first-order valence-electron chi connectivity index (χ1n) is 5.33. The molecule has 0 fully saturated rings. The fourth-order valence-corrected chi connectivity index (χ4v) is 0.841. The third-order valence-electron chi connectivity index (χ3n) is 1.49. The van der Waals surface area contributed by atoms with E-state index in [0.29, 0.717) is 0 Å². The van der Waals surface area contributed by atoms with Gasteiger partial charge in [-0.1, -0.05) is 69.8 Å². The normalized spacial score (nSPS) is 6.88. The van der Waals surface area contributed by atoms with Crippen LogP contribution in [0.1, 0.15) is 0 Å².